The normalized spacial score (nSPS) is 13.5. The van der Waals surface area contributed by atoms with Crippen molar-refractivity contribution in [2.45, 2.75) is 26.8 Å². The van der Waals surface area contributed by atoms with Crippen LogP contribution in [-0.4, -0.2) is 31.1 Å². The number of aryl methyl sites for hydroxylation is 1. The molecule has 0 aliphatic carbocycles. The number of fused-ring (bicyclic) bond motifs is 2. The maximum absolute atomic E-state index is 12.3. The van der Waals surface area contributed by atoms with Crippen LogP contribution >= 0.6 is 11.6 Å². The minimum atomic E-state index is -0.181. The highest BCUT2D eigenvalue weighted by molar-refractivity contribution is 6.30. The minimum absolute atomic E-state index is 0.181. The van der Waals surface area contributed by atoms with Gasteiger partial charge in [-0.1, -0.05) is 11.6 Å². The van der Waals surface area contributed by atoms with Crippen LogP contribution in [0.5, 0.6) is 0 Å². The van der Waals surface area contributed by atoms with Crippen LogP contribution in [0.4, 0.5) is 5.82 Å². The number of hydrogen-bond donors (Lipinski definition) is 0. The zero-order chi connectivity index (χ0) is 20.8. The molecule has 5 rings (SSSR count). The quantitative estimate of drug-likeness (QED) is 0.496. The molecule has 150 valence electrons. The number of anilines is 1. The highest BCUT2D eigenvalue weighted by Crippen LogP contribution is 2.29. The molecule has 4 aromatic rings. The van der Waals surface area contributed by atoms with Crippen molar-refractivity contribution in [1.29, 1.82) is 0 Å². The lowest BCUT2D eigenvalue weighted by Gasteiger charge is -2.31. The topological polar surface area (TPSA) is 76.3 Å². The van der Waals surface area contributed by atoms with E-state index in [1.165, 1.54) is 16.8 Å². The Bertz CT molecular complexity index is 1350. The van der Waals surface area contributed by atoms with E-state index in [9.17, 15) is 4.79 Å². The monoisotopic (exact) mass is 418 g/mol. The molecule has 0 bridgehead atoms. The van der Waals surface area contributed by atoms with Crippen LogP contribution < -0.4 is 10.5 Å². The van der Waals surface area contributed by atoms with Crippen LogP contribution in [0.15, 0.2) is 47.8 Å². The summed E-state index contributed by atoms with van der Waals surface area (Å²) in [5.74, 6) is 0.801. The molecule has 0 N–H and O–H groups in total. The molecule has 0 unspecified atom stereocenters. The van der Waals surface area contributed by atoms with Crippen molar-refractivity contribution in [2.24, 2.45) is 0 Å². The first-order chi connectivity index (χ1) is 14.5. The predicted octanol–water partition coefficient (Wildman–Crippen LogP) is 3.38. The van der Waals surface area contributed by atoms with Gasteiger partial charge in [0.15, 0.2) is 11.5 Å². The molecular formula is C22H19ClN6O. The summed E-state index contributed by atoms with van der Waals surface area (Å²) in [6.45, 7) is 5.45. The van der Waals surface area contributed by atoms with Gasteiger partial charge in [-0.05, 0) is 31.5 Å². The summed E-state index contributed by atoms with van der Waals surface area (Å²) >= 11 is 6.10. The second-order valence-electron chi connectivity index (χ2n) is 7.49. The molecule has 30 heavy (non-hydrogen) atoms. The number of pyridine rings is 2. The molecule has 0 radical (unpaired) electrons. The van der Waals surface area contributed by atoms with E-state index in [1.807, 2.05) is 26.1 Å². The maximum atomic E-state index is 12.3. The fraction of sp³-hybridized carbons (Fsp3) is 0.227. The van der Waals surface area contributed by atoms with E-state index in [2.05, 4.69) is 31.0 Å². The fourth-order valence-corrected chi connectivity index (χ4v) is 4.07. The Labute approximate surface area is 178 Å². The lowest BCUT2D eigenvalue weighted by atomic mass is 10.0. The lowest BCUT2D eigenvalue weighted by Crippen LogP contribution is -2.33. The second-order valence-corrected chi connectivity index (χ2v) is 7.92. The molecule has 0 fully saturated rings. The van der Waals surface area contributed by atoms with Crippen molar-refractivity contribution in [2.75, 3.05) is 11.4 Å². The number of nitrogens with zero attached hydrogens (tertiary/aromatic N) is 6. The highest BCUT2D eigenvalue weighted by atomic mass is 35.5. The number of rotatable bonds is 2. The van der Waals surface area contributed by atoms with Crippen LogP contribution in [0.2, 0.25) is 5.02 Å². The maximum Gasteiger partial charge on any atom is 0.274 e. The van der Waals surface area contributed by atoms with E-state index in [0.717, 1.165) is 52.3 Å². The van der Waals surface area contributed by atoms with Gasteiger partial charge in [0, 0.05) is 78.3 Å². The number of hydrogen-bond acceptors (Lipinski definition) is 6. The molecule has 0 amide bonds. The van der Waals surface area contributed by atoms with Gasteiger partial charge in [-0.2, -0.15) is 4.52 Å². The van der Waals surface area contributed by atoms with Crippen molar-refractivity contribution in [1.82, 2.24) is 24.6 Å². The Morgan fingerprint density at radius 1 is 1.03 bits per heavy atom. The van der Waals surface area contributed by atoms with Gasteiger partial charge in [0.05, 0.1) is 5.02 Å². The molecule has 0 atom stereocenters. The predicted molar refractivity (Wildman–Crippen MR) is 116 cm³/mol. The molecule has 0 aromatic carbocycles. The van der Waals surface area contributed by atoms with Gasteiger partial charge in [-0.3, -0.25) is 14.8 Å². The summed E-state index contributed by atoms with van der Waals surface area (Å²) < 4.78 is 1.39. The molecule has 0 saturated heterocycles. The first kappa shape index (κ1) is 18.7. The van der Waals surface area contributed by atoms with E-state index in [4.69, 9.17) is 11.6 Å². The largest absolute Gasteiger partial charge is 0.350 e. The summed E-state index contributed by atoms with van der Waals surface area (Å²) in [5.41, 5.74) is 6.53. The first-order valence-corrected chi connectivity index (χ1v) is 10.1. The van der Waals surface area contributed by atoms with Crippen LogP contribution in [0.3, 0.4) is 0 Å². The summed E-state index contributed by atoms with van der Waals surface area (Å²) in [7, 11) is 0. The molecule has 0 saturated carbocycles. The van der Waals surface area contributed by atoms with Gasteiger partial charge in [-0.15, -0.1) is 5.10 Å². The van der Waals surface area contributed by atoms with Crippen LogP contribution in [0, 0.1) is 13.8 Å². The average Bonchev–Trinajstić information content (AvgIpc) is 2.76. The van der Waals surface area contributed by atoms with Gasteiger partial charge >= 0.3 is 0 Å². The van der Waals surface area contributed by atoms with Gasteiger partial charge in [-0.25, -0.2) is 4.98 Å². The van der Waals surface area contributed by atoms with E-state index in [0.29, 0.717) is 17.2 Å². The molecule has 0 spiro atoms. The van der Waals surface area contributed by atoms with E-state index < -0.39 is 0 Å². The van der Waals surface area contributed by atoms with Crippen LogP contribution in [0.25, 0.3) is 16.8 Å². The third-order valence-corrected chi connectivity index (χ3v) is 5.84. The molecule has 5 heterocycles. The van der Waals surface area contributed by atoms with Crippen molar-refractivity contribution in [3.05, 3.63) is 80.7 Å². The third kappa shape index (κ3) is 3.11. The Morgan fingerprint density at radius 3 is 2.70 bits per heavy atom. The van der Waals surface area contributed by atoms with Gasteiger partial charge in [0.25, 0.3) is 5.56 Å². The third-order valence-electron chi connectivity index (χ3n) is 5.63. The summed E-state index contributed by atoms with van der Waals surface area (Å²) in [5, 5.41) is 5.24. The molecule has 1 aliphatic heterocycles. The van der Waals surface area contributed by atoms with E-state index >= 15 is 0 Å². The average molecular weight is 419 g/mol. The van der Waals surface area contributed by atoms with Crippen molar-refractivity contribution in [3.63, 3.8) is 0 Å². The Hall–Kier alpha value is -3.32. The minimum Gasteiger partial charge on any atom is -0.350 e. The van der Waals surface area contributed by atoms with Crippen LogP contribution in [0.1, 0.15) is 22.4 Å². The summed E-state index contributed by atoms with van der Waals surface area (Å²) in [4.78, 5) is 27.7. The molecular weight excluding hydrogens is 400 g/mol. The molecule has 7 nitrogen and oxygen atoms in total. The molecule has 4 aromatic heterocycles. The van der Waals surface area contributed by atoms with E-state index in [-0.39, 0.29) is 5.56 Å². The van der Waals surface area contributed by atoms with E-state index in [1.54, 1.807) is 12.4 Å². The summed E-state index contributed by atoms with van der Waals surface area (Å²) in [6.07, 6.45) is 7.61. The zero-order valence-electron chi connectivity index (χ0n) is 16.6. The van der Waals surface area contributed by atoms with Crippen molar-refractivity contribution < 1.29 is 0 Å². The Kier molecular flexibility index (Phi) is 4.47. The Morgan fingerprint density at radius 2 is 1.87 bits per heavy atom. The number of halogens is 1. The molecule has 8 heteroatoms. The van der Waals surface area contributed by atoms with Crippen molar-refractivity contribution >= 4 is 23.1 Å². The Balaban J connectivity index is 1.56. The highest BCUT2D eigenvalue weighted by Gasteiger charge is 2.23. The standard InChI is InChI=1S/C22H19ClN6O/c1-13-14(2)22(27-29-20(30)3-5-25-21(13)29)28-6-4-19-17(12-28)7-15(10-26-19)16-8-18(23)11-24-9-16/h3,5,7-11H,4,6,12H2,1-2H3. The van der Waals surface area contributed by atoms with Crippen LogP contribution in [-0.2, 0) is 13.0 Å². The first-order valence-electron chi connectivity index (χ1n) is 9.70. The second kappa shape index (κ2) is 7.18. The van der Waals surface area contributed by atoms with Gasteiger partial charge < -0.3 is 4.90 Å². The van der Waals surface area contributed by atoms with Gasteiger partial charge in [0.1, 0.15) is 0 Å². The smallest absolute Gasteiger partial charge is 0.274 e. The SMILES string of the molecule is Cc1c(N2CCc3ncc(-c4cncc(Cl)c4)cc3C2)nn2c(=O)ccnc2c1C. The molecule has 1 aliphatic rings. The summed E-state index contributed by atoms with van der Waals surface area (Å²) in [6, 6.07) is 5.45. The fourth-order valence-electron chi connectivity index (χ4n) is 3.89. The van der Waals surface area contributed by atoms with Crippen molar-refractivity contribution in [3.8, 4) is 11.1 Å². The zero-order valence-corrected chi connectivity index (χ0v) is 17.4. The number of aromatic nitrogens is 5. The van der Waals surface area contributed by atoms with Gasteiger partial charge in [0.2, 0.25) is 0 Å². The lowest BCUT2D eigenvalue weighted by molar-refractivity contribution is 0.684.